The summed E-state index contributed by atoms with van der Waals surface area (Å²) in [5.41, 5.74) is 3.22. The molecule has 1 N–H and O–H groups in total. The molecule has 8 heteroatoms. The summed E-state index contributed by atoms with van der Waals surface area (Å²) in [4.78, 5) is 25.2. The van der Waals surface area contributed by atoms with Crippen molar-refractivity contribution in [1.29, 1.82) is 0 Å². The fraction of sp³-hybridized carbons (Fsp3) is 0.333. The van der Waals surface area contributed by atoms with Gasteiger partial charge in [0.25, 0.3) is 0 Å². The molecular formula is C24H25NO6S. The molecule has 4 rings (SSSR count). The summed E-state index contributed by atoms with van der Waals surface area (Å²) < 4.78 is 38.9. The Balaban J connectivity index is 1.59. The van der Waals surface area contributed by atoms with Gasteiger partial charge in [0.05, 0.1) is 4.90 Å². The molecule has 2 aromatic carbocycles. The molecule has 0 radical (unpaired) electrons. The predicted octanol–water partition coefficient (Wildman–Crippen LogP) is 3.56. The highest BCUT2D eigenvalue weighted by molar-refractivity contribution is 7.89. The van der Waals surface area contributed by atoms with E-state index < -0.39 is 22.0 Å². The Hall–Kier alpha value is -2.97. The number of sulfonamides is 1. The van der Waals surface area contributed by atoms with E-state index in [1.54, 1.807) is 38.1 Å². The molecule has 0 spiro atoms. The molecule has 0 fully saturated rings. The van der Waals surface area contributed by atoms with Crippen LogP contribution in [0.3, 0.4) is 0 Å². The van der Waals surface area contributed by atoms with Gasteiger partial charge in [0, 0.05) is 16.5 Å². The van der Waals surface area contributed by atoms with E-state index in [1.807, 2.05) is 6.92 Å². The monoisotopic (exact) mass is 455 g/mol. The topological polar surface area (TPSA) is 103 Å². The van der Waals surface area contributed by atoms with Crippen LogP contribution in [-0.2, 0) is 27.7 Å². The third-order valence-corrected chi connectivity index (χ3v) is 7.36. The Labute approximate surface area is 186 Å². The summed E-state index contributed by atoms with van der Waals surface area (Å²) in [6.45, 7) is 5.27. The lowest BCUT2D eigenvalue weighted by atomic mass is 10.0. The summed E-state index contributed by atoms with van der Waals surface area (Å²) in [5.74, 6) is -0.495. The van der Waals surface area contributed by atoms with Gasteiger partial charge in [-0.1, -0.05) is 24.6 Å². The van der Waals surface area contributed by atoms with Crippen molar-refractivity contribution >= 4 is 27.0 Å². The van der Waals surface area contributed by atoms with Crippen molar-refractivity contribution in [3.63, 3.8) is 0 Å². The van der Waals surface area contributed by atoms with Crippen LogP contribution in [0.25, 0.3) is 11.0 Å². The van der Waals surface area contributed by atoms with Gasteiger partial charge in [-0.05, 0) is 69.4 Å². The zero-order valence-electron chi connectivity index (χ0n) is 18.2. The van der Waals surface area contributed by atoms with Gasteiger partial charge in [0.1, 0.15) is 17.4 Å². The van der Waals surface area contributed by atoms with E-state index in [0.29, 0.717) is 17.6 Å². The summed E-state index contributed by atoms with van der Waals surface area (Å²) >= 11 is 0. The Morgan fingerprint density at radius 1 is 1.09 bits per heavy atom. The second-order valence-corrected chi connectivity index (χ2v) is 9.80. The van der Waals surface area contributed by atoms with Crippen LogP contribution in [0.15, 0.2) is 50.5 Å². The van der Waals surface area contributed by atoms with Crippen molar-refractivity contribution in [2.45, 2.75) is 57.4 Å². The summed E-state index contributed by atoms with van der Waals surface area (Å²) in [7, 11) is -3.89. The van der Waals surface area contributed by atoms with E-state index in [4.69, 9.17) is 9.15 Å². The van der Waals surface area contributed by atoms with Crippen molar-refractivity contribution in [2.75, 3.05) is 0 Å². The van der Waals surface area contributed by atoms with E-state index in [-0.39, 0.29) is 22.7 Å². The molecule has 0 saturated carbocycles. The number of ether oxygens (including phenoxy) is 1. The van der Waals surface area contributed by atoms with Gasteiger partial charge in [-0.25, -0.2) is 18.0 Å². The maximum absolute atomic E-state index is 12.8. The quantitative estimate of drug-likeness (QED) is 0.346. The van der Waals surface area contributed by atoms with E-state index in [9.17, 15) is 18.0 Å². The third kappa shape index (κ3) is 4.08. The second-order valence-electron chi connectivity index (χ2n) is 8.08. The van der Waals surface area contributed by atoms with Crippen LogP contribution in [-0.4, -0.2) is 20.4 Å². The summed E-state index contributed by atoms with van der Waals surface area (Å²) in [6, 6.07) is 8.74. The molecule has 3 aromatic rings. The maximum atomic E-state index is 12.8. The Morgan fingerprint density at radius 3 is 2.47 bits per heavy atom. The van der Waals surface area contributed by atoms with Crippen molar-refractivity contribution < 1.29 is 22.4 Å². The van der Waals surface area contributed by atoms with Crippen LogP contribution < -0.4 is 15.1 Å². The number of nitrogens with one attached hydrogen (secondary N) is 1. The molecule has 1 aliphatic carbocycles. The van der Waals surface area contributed by atoms with Gasteiger partial charge in [0.2, 0.25) is 10.0 Å². The van der Waals surface area contributed by atoms with E-state index in [2.05, 4.69) is 4.72 Å². The lowest BCUT2D eigenvalue weighted by molar-refractivity contribution is -0.136. The molecular weight excluding hydrogens is 430 g/mol. The number of benzene rings is 2. The zero-order valence-corrected chi connectivity index (χ0v) is 19.0. The van der Waals surface area contributed by atoms with Gasteiger partial charge in [-0.3, -0.25) is 0 Å². The molecule has 1 unspecified atom stereocenters. The minimum atomic E-state index is -3.89. The summed E-state index contributed by atoms with van der Waals surface area (Å²) in [6.07, 6.45) is 2.64. The zero-order chi connectivity index (χ0) is 23.0. The first-order valence-corrected chi connectivity index (χ1v) is 12.1. The molecule has 7 nitrogen and oxygen atoms in total. The fourth-order valence-electron chi connectivity index (χ4n) is 4.02. The van der Waals surface area contributed by atoms with E-state index in [1.165, 1.54) is 12.1 Å². The number of carbonyl (C=O) groups excluding carboxylic acids is 1. The highest BCUT2D eigenvalue weighted by Crippen LogP contribution is 2.33. The SMILES string of the molecule is CCC(NS(=O)(=O)c1ccc(C)cc1)C(=O)Oc1ccc2c3c(c(=O)oc2c1C)CCC3. The minimum Gasteiger partial charge on any atom is -0.425 e. The minimum absolute atomic E-state index is 0.0758. The van der Waals surface area contributed by atoms with Crippen molar-refractivity contribution in [3.8, 4) is 5.75 Å². The van der Waals surface area contributed by atoms with Gasteiger partial charge in [0.15, 0.2) is 0 Å². The van der Waals surface area contributed by atoms with Gasteiger partial charge < -0.3 is 9.15 Å². The third-order valence-electron chi connectivity index (χ3n) is 5.87. The van der Waals surface area contributed by atoms with E-state index >= 15 is 0 Å². The van der Waals surface area contributed by atoms with E-state index in [0.717, 1.165) is 34.9 Å². The first-order valence-electron chi connectivity index (χ1n) is 10.6. The Kier molecular flexibility index (Phi) is 5.92. The average molecular weight is 456 g/mol. The number of carbonyl (C=O) groups is 1. The largest absolute Gasteiger partial charge is 0.425 e. The van der Waals surface area contributed by atoms with Gasteiger partial charge >= 0.3 is 11.6 Å². The predicted molar refractivity (Wildman–Crippen MR) is 120 cm³/mol. The van der Waals surface area contributed by atoms with Crippen LogP contribution in [0.4, 0.5) is 0 Å². The number of rotatable bonds is 6. The van der Waals surface area contributed by atoms with Crippen LogP contribution in [0.2, 0.25) is 0 Å². The molecule has 32 heavy (non-hydrogen) atoms. The standard InChI is InChI=1S/C24H25NO6S/c1-4-20(25-32(28,29)16-10-8-14(2)9-11-16)24(27)30-21-13-12-18-17-6-5-7-19(17)23(26)31-22(18)15(21)3/h8-13,20,25H,4-7H2,1-3H3. The lowest BCUT2D eigenvalue weighted by Gasteiger charge is -2.17. The number of esters is 1. The average Bonchev–Trinajstić information content (AvgIpc) is 3.26. The normalized spacial score (nSPS) is 14.3. The molecule has 0 bridgehead atoms. The lowest BCUT2D eigenvalue weighted by Crippen LogP contribution is -2.42. The van der Waals surface area contributed by atoms with Crippen LogP contribution >= 0.6 is 0 Å². The first-order chi connectivity index (χ1) is 15.2. The number of hydrogen-bond donors (Lipinski definition) is 1. The molecule has 0 amide bonds. The second kappa shape index (κ2) is 8.52. The van der Waals surface area contributed by atoms with Crippen LogP contribution in [0.1, 0.15) is 42.0 Å². The van der Waals surface area contributed by atoms with Crippen LogP contribution in [0.5, 0.6) is 5.75 Å². The number of hydrogen-bond acceptors (Lipinski definition) is 6. The van der Waals surface area contributed by atoms with Crippen molar-refractivity contribution in [1.82, 2.24) is 4.72 Å². The maximum Gasteiger partial charge on any atom is 0.339 e. The molecule has 0 saturated heterocycles. The van der Waals surface area contributed by atoms with Crippen molar-refractivity contribution in [3.05, 3.63) is 69.1 Å². The number of fused-ring (bicyclic) bond motifs is 3. The smallest absolute Gasteiger partial charge is 0.339 e. The molecule has 1 atom stereocenters. The highest BCUT2D eigenvalue weighted by Gasteiger charge is 2.27. The Morgan fingerprint density at radius 2 is 1.78 bits per heavy atom. The van der Waals surface area contributed by atoms with Crippen LogP contribution in [0, 0.1) is 13.8 Å². The summed E-state index contributed by atoms with van der Waals surface area (Å²) in [5, 5.41) is 0.849. The molecule has 1 aliphatic rings. The molecule has 1 aromatic heterocycles. The molecule has 1 heterocycles. The highest BCUT2D eigenvalue weighted by atomic mass is 32.2. The molecule has 168 valence electrons. The molecule has 0 aliphatic heterocycles. The first kappa shape index (κ1) is 22.2. The van der Waals surface area contributed by atoms with Gasteiger partial charge in [-0.2, -0.15) is 4.72 Å². The van der Waals surface area contributed by atoms with Crippen molar-refractivity contribution in [2.24, 2.45) is 0 Å². The van der Waals surface area contributed by atoms with Gasteiger partial charge in [-0.15, -0.1) is 0 Å². The fourth-order valence-corrected chi connectivity index (χ4v) is 5.29. The Bertz CT molecular complexity index is 1360. The number of aryl methyl sites for hydroxylation is 3.